The number of rotatable bonds is 6. The summed E-state index contributed by atoms with van der Waals surface area (Å²) in [6.07, 6.45) is 2.06. The molecule has 1 aromatic heterocycles. The summed E-state index contributed by atoms with van der Waals surface area (Å²) in [5.74, 6) is 1.76. The van der Waals surface area contributed by atoms with E-state index in [-0.39, 0.29) is 0 Å². The van der Waals surface area contributed by atoms with Gasteiger partial charge in [-0.2, -0.15) is 0 Å². The number of hydrogen-bond acceptors (Lipinski definition) is 2. The van der Waals surface area contributed by atoms with Crippen LogP contribution in [-0.4, -0.2) is 12.6 Å². The van der Waals surface area contributed by atoms with Crippen molar-refractivity contribution >= 4 is 11.0 Å². The highest BCUT2D eigenvalue weighted by molar-refractivity contribution is 5.78. The van der Waals surface area contributed by atoms with Gasteiger partial charge in [-0.25, -0.2) is 0 Å². The molecule has 0 aliphatic rings. The quantitative estimate of drug-likeness (QED) is 0.842. The average Bonchev–Trinajstić information content (AvgIpc) is 2.69. The molecule has 1 heterocycles. The summed E-state index contributed by atoms with van der Waals surface area (Å²) >= 11 is 0. The third kappa shape index (κ3) is 4.10. The minimum absolute atomic E-state index is 0.530. The van der Waals surface area contributed by atoms with E-state index in [1.807, 2.05) is 0 Å². The van der Waals surface area contributed by atoms with Crippen LogP contribution in [0.1, 0.15) is 39.0 Å². The lowest BCUT2D eigenvalue weighted by molar-refractivity contribution is 0.515. The van der Waals surface area contributed by atoms with Crippen LogP contribution in [0, 0.1) is 5.92 Å². The Kier molecular flexibility index (Phi) is 4.65. The largest absolute Gasteiger partial charge is 0.461 e. The van der Waals surface area contributed by atoms with Gasteiger partial charge in [0.1, 0.15) is 11.3 Å². The molecule has 0 fully saturated rings. The second-order valence-corrected chi connectivity index (χ2v) is 6.04. The Balaban J connectivity index is 2.07. The van der Waals surface area contributed by atoms with Gasteiger partial charge in [-0.15, -0.1) is 0 Å². The molecule has 0 aliphatic carbocycles. The number of benzene rings is 1. The van der Waals surface area contributed by atoms with E-state index < -0.39 is 0 Å². The SMILES string of the molecule is CC(C)Cc1ccc2cc(CCNC(C)C)oc2c1. The zero-order valence-electron chi connectivity index (χ0n) is 12.5. The Morgan fingerprint density at radius 2 is 1.89 bits per heavy atom. The summed E-state index contributed by atoms with van der Waals surface area (Å²) in [6.45, 7) is 9.79. The van der Waals surface area contributed by atoms with Crippen LogP contribution >= 0.6 is 0 Å². The topological polar surface area (TPSA) is 25.2 Å². The summed E-state index contributed by atoms with van der Waals surface area (Å²) in [4.78, 5) is 0. The normalized spacial score (nSPS) is 11.9. The Labute approximate surface area is 116 Å². The van der Waals surface area contributed by atoms with Crippen LogP contribution < -0.4 is 5.32 Å². The number of hydrogen-bond donors (Lipinski definition) is 1. The van der Waals surface area contributed by atoms with Crippen molar-refractivity contribution in [2.75, 3.05) is 6.54 Å². The van der Waals surface area contributed by atoms with Crippen LogP contribution in [0.4, 0.5) is 0 Å². The Morgan fingerprint density at radius 1 is 1.11 bits per heavy atom. The Morgan fingerprint density at radius 3 is 2.58 bits per heavy atom. The Bertz CT molecular complexity index is 525. The van der Waals surface area contributed by atoms with Gasteiger partial charge >= 0.3 is 0 Å². The summed E-state index contributed by atoms with van der Waals surface area (Å²) in [5, 5.41) is 4.63. The molecular weight excluding hydrogens is 234 g/mol. The van der Waals surface area contributed by atoms with Crippen molar-refractivity contribution in [3.8, 4) is 0 Å². The molecule has 0 aliphatic heterocycles. The standard InChI is InChI=1S/C17H25NO/c1-12(2)9-14-5-6-15-11-16(19-17(15)10-14)7-8-18-13(3)4/h5-6,10-13,18H,7-9H2,1-4H3. The summed E-state index contributed by atoms with van der Waals surface area (Å²) in [7, 11) is 0. The van der Waals surface area contributed by atoms with Crippen LogP contribution in [0.5, 0.6) is 0 Å². The molecule has 0 saturated heterocycles. The molecule has 2 nitrogen and oxygen atoms in total. The molecule has 0 radical (unpaired) electrons. The minimum atomic E-state index is 0.530. The average molecular weight is 259 g/mol. The lowest BCUT2D eigenvalue weighted by atomic mass is 10.0. The van der Waals surface area contributed by atoms with E-state index in [1.165, 1.54) is 10.9 Å². The predicted octanol–water partition coefficient (Wildman–Crippen LogP) is 4.17. The summed E-state index contributed by atoms with van der Waals surface area (Å²) in [5.41, 5.74) is 2.39. The zero-order valence-corrected chi connectivity index (χ0v) is 12.5. The van der Waals surface area contributed by atoms with Crippen molar-refractivity contribution in [1.82, 2.24) is 5.32 Å². The van der Waals surface area contributed by atoms with Gasteiger partial charge < -0.3 is 9.73 Å². The third-order valence-corrected chi connectivity index (χ3v) is 3.20. The summed E-state index contributed by atoms with van der Waals surface area (Å²) < 4.78 is 5.93. The smallest absolute Gasteiger partial charge is 0.134 e. The second-order valence-electron chi connectivity index (χ2n) is 6.04. The van der Waals surface area contributed by atoms with Gasteiger partial charge in [0.2, 0.25) is 0 Å². The van der Waals surface area contributed by atoms with E-state index >= 15 is 0 Å². The van der Waals surface area contributed by atoms with Gasteiger partial charge in [0.05, 0.1) is 0 Å². The molecule has 2 rings (SSSR count). The molecule has 0 atom stereocenters. The first-order chi connectivity index (χ1) is 9.04. The van der Waals surface area contributed by atoms with E-state index in [2.05, 4.69) is 57.3 Å². The summed E-state index contributed by atoms with van der Waals surface area (Å²) in [6, 6.07) is 9.27. The lowest BCUT2D eigenvalue weighted by Gasteiger charge is -2.05. The fourth-order valence-corrected chi connectivity index (χ4v) is 2.34. The maximum Gasteiger partial charge on any atom is 0.134 e. The first kappa shape index (κ1) is 14.1. The van der Waals surface area contributed by atoms with Crippen molar-refractivity contribution in [3.63, 3.8) is 0 Å². The number of fused-ring (bicyclic) bond motifs is 1. The van der Waals surface area contributed by atoms with Gasteiger partial charge in [-0.1, -0.05) is 39.8 Å². The fraction of sp³-hybridized carbons (Fsp3) is 0.529. The Hall–Kier alpha value is -1.28. The fourth-order valence-electron chi connectivity index (χ4n) is 2.34. The number of furan rings is 1. The monoisotopic (exact) mass is 259 g/mol. The molecule has 2 aromatic rings. The van der Waals surface area contributed by atoms with E-state index in [9.17, 15) is 0 Å². The molecule has 19 heavy (non-hydrogen) atoms. The molecule has 104 valence electrons. The maximum absolute atomic E-state index is 5.93. The predicted molar refractivity (Wildman–Crippen MR) is 81.6 cm³/mol. The van der Waals surface area contributed by atoms with Gasteiger partial charge in [-0.05, 0) is 30.0 Å². The van der Waals surface area contributed by atoms with Crippen molar-refractivity contribution in [2.24, 2.45) is 5.92 Å². The molecule has 0 amide bonds. The highest BCUT2D eigenvalue weighted by Gasteiger charge is 2.06. The van der Waals surface area contributed by atoms with E-state index in [1.54, 1.807) is 0 Å². The van der Waals surface area contributed by atoms with Crippen molar-refractivity contribution in [1.29, 1.82) is 0 Å². The second kappa shape index (κ2) is 6.25. The molecule has 2 heteroatoms. The van der Waals surface area contributed by atoms with Crippen LogP contribution in [0.2, 0.25) is 0 Å². The molecule has 0 spiro atoms. The van der Waals surface area contributed by atoms with Crippen molar-refractivity contribution < 1.29 is 4.42 Å². The first-order valence-electron chi connectivity index (χ1n) is 7.29. The third-order valence-electron chi connectivity index (χ3n) is 3.20. The van der Waals surface area contributed by atoms with Crippen molar-refractivity contribution in [3.05, 3.63) is 35.6 Å². The van der Waals surface area contributed by atoms with Gasteiger partial charge in [0.25, 0.3) is 0 Å². The maximum atomic E-state index is 5.93. The van der Waals surface area contributed by atoms with E-state index in [4.69, 9.17) is 4.42 Å². The molecular formula is C17H25NO. The van der Waals surface area contributed by atoms with Crippen LogP contribution in [0.15, 0.2) is 28.7 Å². The molecule has 0 unspecified atom stereocenters. The van der Waals surface area contributed by atoms with Gasteiger partial charge in [0, 0.05) is 24.4 Å². The van der Waals surface area contributed by atoms with Crippen LogP contribution in [0.25, 0.3) is 11.0 Å². The van der Waals surface area contributed by atoms with Gasteiger partial charge in [-0.3, -0.25) is 0 Å². The van der Waals surface area contributed by atoms with Crippen molar-refractivity contribution in [2.45, 2.75) is 46.6 Å². The van der Waals surface area contributed by atoms with E-state index in [0.29, 0.717) is 12.0 Å². The van der Waals surface area contributed by atoms with Crippen LogP contribution in [0.3, 0.4) is 0 Å². The van der Waals surface area contributed by atoms with Crippen LogP contribution in [-0.2, 0) is 12.8 Å². The minimum Gasteiger partial charge on any atom is -0.461 e. The highest BCUT2D eigenvalue weighted by Crippen LogP contribution is 2.22. The first-order valence-corrected chi connectivity index (χ1v) is 7.29. The zero-order chi connectivity index (χ0) is 13.8. The van der Waals surface area contributed by atoms with Gasteiger partial charge in [0.15, 0.2) is 0 Å². The molecule has 0 saturated carbocycles. The van der Waals surface area contributed by atoms with E-state index in [0.717, 1.165) is 30.7 Å². The lowest BCUT2D eigenvalue weighted by Crippen LogP contribution is -2.24. The number of nitrogens with one attached hydrogen (secondary N) is 1. The molecule has 0 bridgehead atoms. The molecule has 1 N–H and O–H groups in total. The molecule has 1 aromatic carbocycles. The highest BCUT2D eigenvalue weighted by atomic mass is 16.3.